The van der Waals surface area contributed by atoms with Gasteiger partial charge in [0.05, 0.1) is 10.8 Å². The number of benzene rings is 13. The lowest BCUT2D eigenvalue weighted by Gasteiger charge is -2.35. The molecule has 13 aromatic carbocycles. The zero-order valence-electron chi connectivity index (χ0n) is 45.7. The Kier molecular flexibility index (Phi) is 9.83. The molecule has 0 aliphatic heterocycles. The molecule has 0 saturated carbocycles. The summed E-state index contributed by atoms with van der Waals surface area (Å²) in [6, 6.07) is 108. The highest BCUT2D eigenvalue weighted by molar-refractivity contribution is 6.22. The zero-order chi connectivity index (χ0) is 54.4. The van der Waals surface area contributed by atoms with Crippen molar-refractivity contribution >= 4 is 44.2 Å². The molecule has 5 aliphatic carbocycles. The number of hydrogen-bond donors (Lipinski definition) is 0. The fourth-order valence-corrected chi connectivity index (χ4v) is 16.2. The van der Waals surface area contributed by atoms with Crippen molar-refractivity contribution in [1.29, 1.82) is 0 Å². The second kappa shape index (κ2) is 17.6. The van der Waals surface area contributed by atoms with Gasteiger partial charge in [-0.1, -0.05) is 255 Å². The molecule has 0 fully saturated rings. The van der Waals surface area contributed by atoms with Gasteiger partial charge in [0.15, 0.2) is 0 Å². The number of nitrogens with zero attached hydrogens (tertiary/aromatic N) is 1. The third-order valence-corrected chi connectivity index (χ3v) is 19.4. The minimum absolute atomic E-state index is 0.407. The first kappa shape index (κ1) is 46.4. The van der Waals surface area contributed by atoms with E-state index in [0.717, 1.165) is 29.9 Å². The number of allylic oxidation sites excluding steroid dienone is 4. The quantitative estimate of drug-likeness (QED) is 0.150. The maximum Gasteiger partial charge on any atom is 0.0726 e. The first-order chi connectivity index (χ1) is 41.2. The average molecular weight is 1050 g/mol. The van der Waals surface area contributed by atoms with Crippen LogP contribution in [0.15, 0.2) is 303 Å². The molecular weight excluding hydrogens is 999 g/mol. The first-order valence-corrected chi connectivity index (χ1v) is 29.4. The fraction of sp³-hybridized carbons (Fsp3) is 0.0488. The lowest BCUT2D eigenvalue weighted by atomic mass is 9.68. The lowest BCUT2D eigenvalue weighted by Crippen LogP contribution is -2.28. The molecule has 386 valence electrons. The van der Waals surface area contributed by atoms with E-state index in [4.69, 9.17) is 0 Å². The Morgan fingerprint density at radius 3 is 1.20 bits per heavy atom. The van der Waals surface area contributed by atoms with Gasteiger partial charge in [0.2, 0.25) is 0 Å². The standard InChI is InChI=1S/C82H53N/c1-3-21-53(22-4-1)79-67-31-7-8-32-68(67)80(54-23-5-2-6-24-54)70-49-55(41-46-69(70)79)52-39-42-56(43-40-52)83(57-44-47-65-63-29-13-19-37-75(63)81(77(65)50-57)71-33-15-9-25-59(71)60-26-10-16-34-72(60)81)58-45-48-66-64-30-14-20-38-76(64)82(78(66)51-58)73-35-17-11-27-61(73)62-28-12-18-36-74(62)82/h1-17,19-35,37-51H,18,36H2. The van der Waals surface area contributed by atoms with Crippen LogP contribution in [-0.2, 0) is 10.8 Å². The van der Waals surface area contributed by atoms with Crippen LogP contribution in [0.1, 0.15) is 57.3 Å². The summed E-state index contributed by atoms with van der Waals surface area (Å²) in [5.41, 5.74) is 31.4. The summed E-state index contributed by atoms with van der Waals surface area (Å²) < 4.78 is 0. The van der Waals surface area contributed by atoms with Crippen molar-refractivity contribution in [2.75, 3.05) is 4.90 Å². The number of anilines is 3. The van der Waals surface area contributed by atoms with Crippen molar-refractivity contribution in [1.82, 2.24) is 0 Å². The van der Waals surface area contributed by atoms with Crippen molar-refractivity contribution in [2.24, 2.45) is 0 Å². The van der Waals surface area contributed by atoms with Crippen LogP contribution in [0.2, 0.25) is 0 Å². The highest BCUT2D eigenvalue weighted by Crippen LogP contribution is 2.66. The molecule has 13 aromatic rings. The van der Waals surface area contributed by atoms with Crippen LogP contribution < -0.4 is 4.90 Å². The molecule has 18 rings (SSSR count). The maximum absolute atomic E-state index is 2.56. The average Bonchev–Trinajstić information content (AvgIpc) is 2.06. The van der Waals surface area contributed by atoms with E-state index in [-0.39, 0.29) is 0 Å². The van der Waals surface area contributed by atoms with Crippen molar-refractivity contribution in [3.8, 4) is 66.8 Å². The molecule has 5 aliphatic rings. The minimum Gasteiger partial charge on any atom is -0.310 e. The molecule has 1 atom stereocenters. The summed E-state index contributed by atoms with van der Waals surface area (Å²) in [4.78, 5) is 2.55. The monoisotopic (exact) mass is 1050 g/mol. The summed E-state index contributed by atoms with van der Waals surface area (Å²) in [7, 11) is 0. The van der Waals surface area contributed by atoms with E-state index < -0.39 is 10.8 Å². The van der Waals surface area contributed by atoms with E-state index in [1.54, 1.807) is 0 Å². The summed E-state index contributed by atoms with van der Waals surface area (Å²) in [6.07, 6.45) is 6.84. The second-order valence-electron chi connectivity index (χ2n) is 23.2. The Morgan fingerprint density at radius 1 is 0.265 bits per heavy atom. The predicted molar refractivity (Wildman–Crippen MR) is 346 cm³/mol. The molecule has 1 unspecified atom stereocenters. The molecular formula is C82H53N. The van der Waals surface area contributed by atoms with E-state index in [1.807, 2.05) is 0 Å². The third kappa shape index (κ3) is 6.26. The number of fused-ring (bicyclic) bond motifs is 21. The molecule has 0 saturated heterocycles. The van der Waals surface area contributed by atoms with Crippen LogP contribution in [0.5, 0.6) is 0 Å². The van der Waals surface area contributed by atoms with Crippen LogP contribution in [0.3, 0.4) is 0 Å². The SMILES string of the molecule is C1=CC2=C(CC1)C1(c3ccccc32)c2ccccc2-c2ccc(N(c3ccc(-c4ccc5c(-c6ccccc6)c6ccccc6c(-c6ccccc6)c5c4)cc3)c3ccc4c(c3)C3(c5ccccc5-c5ccccc53)c3ccccc3-4)cc21. The van der Waals surface area contributed by atoms with Crippen molar-refractivity contribution < 1.29 is 0 Å². The van der Waals surface area contributed by atoms with Gasteiger partial charge in [0, 0.05) is 17.1 Å². The molecule has 0 heterocycles. The van der Waals surface area contributed by atoms with Gasteiger partial charge in [-0.3, -0.25) is 0 Å². The fourth-order valence-electron chi connectivity index (χ4n) is 16.2. The molecule has 83 heavy (non-hydrogen) atoms. The molecule has 0 radical (unpaired) electrons. The summed E-state index contributed by atoms with van der Waals surface area (Å²) >= 11 is 0. The summed E-state index contributed by atoms with van der Waals surface area (Å²) in [5, 5.41) is 5.01. The Hall–Kier alpha value is -10.3. The van der Waals surface area contributed by atoms with Crippen molar-refractivity contribution in [3.63, 3.8) is 0 Å². The Labute approximate surface area is 484 Å². The molecule has 1 nitrogen and oxygen atoms in total. The Bertz CT molecular complexity index is 4900. The Balaban J connectivity index is 0.861. The van der Waals surface area contributed by atoms with Crippen LogP contribution in [0.4, 0.5) is 17.1 Å². The van der Waals surface area contributed by atoms with Gasteiger partial charge >= 0.3 is 0 Å². The largest absolute Gasteiger partial charge is 0.310 e. The third-order valence-electron chi connectivity index (χ3n) is 19.4. The highest BCUT2D eigenvalue weighted by Gasteiger charge is 2.54. The smallest absolute Gasteiger partial charge is 0.0726 e. The topological polar surface area (TPSA) is 3.24 Å². The summed E-state index contributed by atoms with van der Waals surface area (Å²) in [6.45, 7) is 0. The van der Waals surface area contributed by atoms with Gasteiger partial charge < -0.3 is 4.90 Å². The van der Waals surface area contributed by atoms with E-state index >= 15 is 0 Å². The van der Waals surface area contributed by atoms with Crippen molar-refractivity contribution in [2.45, 2.75) is 23.7 Å². The summed E-state index contributed by atoms with van der Waals surface area (Å²) in [5.74, 6) is 0. The second-order valence-corrected chi connectivity index (χ2v) is 23.2. The molecule has 0 bridgehead atoms. The Morgan fingerprint density at radius 2 is 0.663 bits per heavy atom. The van der Waals surface area contributed by atoms with Gasteiger partial charge in [0.1, 0.15) is 0 Å². The molecule has 0 amide bonds. The van der Waals surface area contributed by atoms with Gasteiger partial charge in [0.25, 0.3) is 0 Å². The first-order valence-electron chi connectivity index (χ1n) is 29.4. The van der Waals surface area contributed by atoms with E-state index in [1.165, 1.54) is 144 Å². The number of rotatable bonds is 6. The maximum atomic E-state index is 2.56. The van der Waals surface area contributed by atoms with E-state index in [9.17, 15) is 0 Å². The normalized spacial score (nSPS) is 15.9. The van der Waals surface area contributed by atoms with E-state index in [0.29, 0.717) is 0 Å². The van der Waals surface area contributed by atoms with Crippen molar-refractivity contribution in [3.05, 3.63) is 347 Å². The van der Waals surface area contributed by atoms with Gasteiger partial charge in [-0.25, -0.2) is 0 Å². The van der Waals surface area contributed by atoms with Crippen LogP contribution in [-0.4, -0.2) is 0 Å². The minimum atomic E-state index is -0.486. The molecule has 0 aromatic heterocycles. The molecule has 0 N–H and O–H groups in total. The van der Waals surface area contributed by atoms with E-state index in [2.05, 4.69) is 302 Å². The van der Waals surface area contributed by atoms with Crippen LogP contribution >= 0.6 is 0 Å². The van der Waals surface area contributed by atoms with Crippen LogP contribution in [0, 0.1) is 0 Å². The van der Waals surface area contributed by atoms with Crippen LogP contribution in [0.25, 0.3) is 93.9 Å². The van der Waals surface area contributed by atoms with Gasteiger partial charge in [-0.05, 0) is 199 Å². The van der Waals surface area contributed by atoms with Gasteiger partial charge in [-0.2, -0.15) is 0 Å². The highest BCUT2D eigenvalue weighted by atomic mass is 15.1. The lowest BCUT2D eigenvalue weighted by molar-refractivity contribution is 0.714. The molecule has 1 heteroatoms. The van der Waals surface area contributed by atoms with Gasteiger partial charge in [-0.15, -0.1) is 0 Å². The predicted octanol–water partition coefficient (Wildman–Crippen LogP) is 21.2. The molecule has 2 spiro atoms. The number of hydrogen-bond acceptors (Lipinski definition) is 1. The zero-order valence-corrected chi connectivity index (χ0v) is 45.7.